The Morgan fingerprint density at radius 1 is 1.15 bits per heavy atom. The van der Waals surface area contributed by atoms with Crippen LogP contribution in [0.15, 0.2) is 41.3 Å². The van der Waals surface area contributed by atoms with E-state index in [-0.39, 0.29) is 34.3 Å². The summed E-state index contributed by atoms with van der Waals surface area (Å²) in [7, 11) is -4.02. The van der Waals surface area contributed by atoms with Crippen molar-refractivity contribution in [3.63, 3.8) is 0 Å². The Labute approximate surface area is 163 Å². The fourth-order valence-electron chi connectivity index (χ4n) is 2.54. The predicted molar refractivity (Wildman–Crippen MR) is 104 cm³/mol. The normalized spacial score (nSPS) is 11.4. The van der Waals surface area contributed by atoms with Gasteiger partial charge in [-0.05, 0) is 55.7 Å². The molecule has 0 radical (unpaired) electrons. The van der Waals surface area contributed by atoms with Gasteiger partial charge in [-0.25, -0.2) is 8.42 Å². The quantitative estimate of drug-likeness (QED) is 0.712. The van der Waals surface area contributed by atoms with Crippen LogP contribution in [-0.4, -0.2) is 26.0 Å². The fourth-order valence-corrected chi connectivity index (χ4v) is 4.84. The molecule has 2 rings (SSSR count). The zero-order valence-corrected chi connectivity index (χ0v) is 16.7. The maximum atomic E-state index is 13.3. The molecule has 0 aliphatic rings. The number of nitrogens with zero attached hydrogens (tertiary/aromatic N) is 1. The van der Waals surface area contributed by atoms with Crippen molar-refractivity contribution < 1.29 is 18.3 Å². The SMILES string of the molecule is Cc1cccc(N(CCCC(=O)O)S(=O)(=O)c2cc(Cl)ccc2Cl)c1C. The first-order valence-electron chi connectivity index (χ1n) is 7.90. The van der Waals surface area contributed by atoms with Crippen LogP contribution in [-0.2, 0) is 14.8 Å². The largest absolute Gasteiger partial charge is 0.481 e. The second-order valence-corrected chi connectivity index (χ2v) is 8.54. The van der Waals surface area contributed by atoms with E-state index in [0.717, 1.165) is 11.1 Å². The number of rotatable bonds is 7. The molecule has 1 N–H and O–H groups in total. The van der Waals surface area contributed by atoms with E-state index in [9.17, 15) is 13.2 Å². The lowest BCUT2D eigenvalue weighted by atomic mass is 10.1. The van der Waals surface area contributed by atoms with Crippen molar-refractivity contribution in [3.05, 3.63) is 57.6 Å². The topological polar surface area (TPSA) is 74.7 Å². The van der Waals surface area contributed by atoms with E-state index in [1.54, 1.807) is 12.1 Å². The maximum absolute atomic E-state index is 13.3. The molecule has 0 amide bonds. The molecule has 140 valence electrons. The minimum absolute atomic E-state index is 0.0156. The van der Waals surface area contributed by atoms with E-state index in [2.05, 4.69) is 0 Å². The highest BCUT2D eigenvalue weighted by Gasteiger charge is 2.28. The van der Waals surface area contributed by atoms with E-state index < -0.39 is 16.0 Å². The van der Waals surface area contributed by atoms with Crippen molar-refractivity contribution >= 4 is 44.9 Å². The van der Waals surface area contributed by atoms with Gasteiger partial charge in [-0.2, -0.15) is 0 Å². The van der Waals surface area contributed by atoms with Crippen LogP contribution in [0.4, 0.5) is 5.69 Å². The first-order valence-corrected chi connectivity index (χ1v) is 10.1. The molecule has 0 aliphatic heterocycles. The molecule has 0 bridgehead atoms. The third-order valence-electron chi connectivity index (χ3n) is 4.06. The van der Waals surface area contributed by atoms with Crippen LogP contribution >= 0.6 is 23.2 Å². The van der Waals surface area contributed by atoms with Crippen molar-refractivity contribution in [2.75, 3.05) is 10.8 Å². The van der Waals surface area contributed by atoms with Gasteiger partial charge in [-0.1, -0.05) is 35.3 Å². The molecule has 0 fully saturated rings. The molecule has 0 unspecified atom stereocenters. The number of benzene rings is 2. The van der Waals surface area contributed by atoms with Crippen molar-refractivity contribution in [2.45, 2.75) is 31.6 Å². The predicted octanol–water partition coefficient (Wildman–Crippen LogP) is 4.67. The summed E-state index contributed by atoms with van der Waals surface area (Å²) in [6, 6.07) is 9.57. The van der Waals surface area contributed by atoms with Gasteiger partial charge in [-0.15, -0.1) is 0 Å². The highest BCUT2D eigenvalue weighted by Crippen LogP contribution is 2.33. The monoisotopic (exact) mass is 415 g/mol. The lowest BCUT2D eigenvalue weighted by molar-refractivity contribution is -0.137. The molecule has 0 heterocycles. The molecule has 0 saturated heterocycles. The number of sulfonamides is 1. The van der Waals surface area contributed by atoms with Crippen molar-refractivity contribution in [1.29, 1.82) is 0 Å². The number of aliphatic carboxylic acids is 1. The zero-order valence-electron chi connectivity index (χ0n) is 14.4. The van der Waals surface area contributed by atoms with Gasteiger partial charge in [-0.3, -0.25) is 9.10 Å². The van der Waals surface area contributed by atoms with Gasteiger partial charge in [0, 0.05) is 18.0 Å². The minimum atomic E-state index is -4.02. The molecule has 2 aromatic rings. The number of anilines is 1. The summed E-state index contributed by atoms with van der Waals surface area (Å²) in [5.74, 6) is -0.982. The Kier molecular flexibility index (Phi) is 6.55. The molecule has 0 spiro atoms. The van der Waals surface area contributed by atoms with Gasteiger partial charge in [0.2, 0.25) is 0 Å². The first kappa shape index (κ1) is 20.6. The van der Waals surface area contributed by atoms with Gasteiger partial charge in [0.15, 0.2) is 0 Å². The van der Waals surface area contributed by atoms with E-state index >= 15 is 0 Å². The highest BCUT2D eigenvalue weighted by molar-refractivity contribution is 7.93. The molecule has 0 saturated carbocycles. The minimum Gasteiger partial charge on any atom is -0.481 e. The number of carboxylic acid groups (broad SMARTS) is 1. The molecular weight excluding hydrogens is 397 g/mol. The van der Waals surface area contributed by atoms with Gasteiger partial charge in [0.1, 0.15) is 4.90 Å². The van der Waals surface area contributed by atoms with Crippen molar-refractivity contribution in [1.82, 2.24) is 0 Å². The van der Waals surface area contributed by atoms with Gasteiger partial charge < -0.3 is 5.11 Å². The number of hydrogen-bond acceptors (Lipinski definition) is 3. The zero-order chi connectivity index (χ0) is 19.5. The summed E-state index contributed by atoms with van der Waals surface area (Å²) in [6.07, 6.45) is 0.0281. The van der Waals surface area contributed by atoms with Crippen LogP contribution in [0.25, 0.3) is 0 Å². The van der Waals surface area contributed by atoms with Crippen LogP contribution < -0.4 is 4.31 Å². The average molecular weight is 416 g/mol. The second kappa shape index (κ2) is 8.29. The van der Waals surface area contributed by atoms with E-state index in [1.807, 2.05) is 19.9 Å². The molecule has 0 aromatic heterocycles. The number of hydrogen-bond donors (Lipinski definition) is 1. The van der Waals surface area contributed by atoms with Crippen LogP contribution in [0.3, 0.4) is 0 Å². The number of halogens is 2. The molecule has 8 heteroatoms. The lowest BCUT2D eigenvalue weighted by Crippen LogP contribution is -2.33. The van der Waals surface area contributed by atoms with E-state index in [0.29, 0.717) is 5.69 Å². The third-order valence-corrected chi connectivity index (χ3v) is 6.59. The summed E-state index contributed by atoms with van der Waals surface area (Å²) in [5.41, 5.74) is 2.22. The standard InChI is InChI=1S/C18H19Cl2NO4S/c1-12-5-3-6-16(13(12)2)21(10-4-7-18(22)23)26(24,25)17-11-14(19)8-9-15(17)20/h3,5-6,8-9,11H,4,7,10H2,1-2H3,(H,22,23). The van der Waals surface area contributed by atoms with Crippen LogP contribution in [0, 0.1) is 13.8 Å². The summed E-state index contributed by atoms with van der Waals surface area (Å²) < 4.78 is 27.8. The van der Waals surface area contributed by atoms with E-state index in [4.69, 9.17) is 28.3 Å². The highest BCUT2D eigenvalue weighted by atomic mass is 35.5. The summed E-state index contributed by atoms with van der Waals surface area (Å²) in [4.78, 5) is 10.7. The molecular formula is C18H19Cl2NO4S. The number of aryl methyl sites for hydroxylation is 1. The maximum Gasteiger partial charge on any atom is 0.303 e. The summed E-state index contributed by atoms with van der Waals surface area (Å²) in [5, 5.41) is 9.20. The molecule has 26 heavy (non-hydrogen) atoms. The molecule has 5 nitrogen and oxygen atoms in total. The average Bonchev–Trinajstić information content (AvgIpc) is 2.56. The Morgan fingerprint density at radius 2 is 1.85 bits per heavy atom. The lowest BCUT2D eigenvalue weighted by Gasteiger charge is -2.27. The van der Waals surface area contributed by atoms with E-state index in [1.165, 1.54) is 22.5 Å². The van der Waals surface area contributed by atoms with Crippen molar-refractivity contribution in [3.8, 4) is 0 Å². The van der Waals surface area contributed by atoms with Crippen LogP contribution in [0.5, 0.6) is 0 Å². The summed E-state index contributed by atoms with van der Waals surface area (Å²) in [6.45, 7) is 3.72. The Hall–Kier alpha value is -1.76. The Balaban J connectivity index is 2.56. The Bertz CT molecular complexity index is 929. The van der Waals surface area contributed by atoms with Gasteiger partial charge in [0.25, 0.3) is 10.0 Å². The first-order chi connectivity index (χ1) is 12.1. The molecule has 0 aliphatic carbocycles. The van der Waals surface area contributed by atoms with Crippen LogP contribution in [0.2, 0.25) is 10.0 Å². The smallest absolute Gasteiger partial charge is 0.303 e. The second-order valence-electron chi connectivity index (χ2n) is 5.87. The number of carbonyl (C=O) groups is 1. The van der Waals surface area contributed by atoms with Gasteiger partial charge >= 0.3 is 5.97 Å². The van der Waals surface area contributed by atoms with Gasteiger partial charge in [0.05, 0.1) is 10.7 Å². The molecule has 0 atom stereocenters. The number of carboxylic acids is 1. The van der Waals surface area contributed by atoms with Crippen molar-refractivity contribution in [2.24, 2.45) is 0 Å². The third kappa shape index (κ3) is 4.50. The Morgan fingerprint density at radius 3 is 2.50 bits per heavy atom. The van der Waals surface area contributed by atoms with Crippen LogP contribution in [0.1, 0.15) is 24.0 Å². The molecule has 2 aromatic carbocycles. The summed E-state index contributed by atoms with van der Waals surface area (Å²) >= 11 is 12.1. The fraction of sp³-hybridized carbons (Fsp3) is 0.278.